The van der Waals surface area contributed by atoms with E-state index in [-0.39, 0.29) is 18.0 Å². The van der Waals surface area contributed by atoms with Gasteiger partial charge in [-0.25, -0.2) is 4.79 Å². The molecule has 0 aromatic heterocycles. The zero-order valence-electron chi connectivity index (χ0n) is 14.9. The number of esters is 1. The first-order valence-electron chi connectivity index (χ1n) is 8.68. The van der Waals surface area contributed by atoms with Crippen LogP contribution in [0, 0.1) is 10.1 Å². The molecule has 0 saturated heterocycles. The highest BCUT2D eigenvalue weighted by atomic mass is 16.7. The van der Waals surface area contributed by atoms with Gasteiger partial charge in [-0.15, -0.1) is 0 Å². The van der Waals surface area contributed by atoms with Crippen molar-refractivity contribution in [2.45, 2.75) is 31.9 Å². The normalized spacial score (nSPS) is 11.7. The average Bonchev–Trinajstić information content (AvgIpc) is 2.68. The smallest absolute Gasteiger partial charge is 0.331 e. The van der Waals surface area contributed by atoms with Gasteiger partial charge in [0.1, 0.15) is 6.04 Å². The fourth-order valence-electron chi connectivity index (χ4n) is 2.39. The van der Waals surface area contributed by atoms with E-state index >= 15 is 0 Å². The van der Waals surface area contributed by atoms with Gasteiger partial charge < -0.3 is 10.5 Å². The summed E-state index contributed by atoms with van der Waals surface area (Å²) in [5.41, 5.74) is 8.89. The predicted octanol–water partition coefficient (Wildman–Crippen LogP) is 2.72. The Morgan fingerprint density at radius 1 is 1.11 bits per heavy atom. The van der Waals surface area contributed by atoms with Gasteiger partial charge in [0.2, 0.25) is 5.75 Å². The molecule has 0 spiro atoms. The van der Waals surface area contributed by atoms with E-state index in [4.69, 9.17) is 15.3 Å². The van der Waals surface area contributed by atoms with E-state index in [1.165, 1.54) is 18.2 Å². The number of rotatable bonds is 11. The minimum Gasteiger partial charge on any atom is -0.418 e. The Balaban J connectivity index is 1.99. The van der Waals surface area contributed by atoms with Gasteiger partial charge in [-0.05, 0) is 37.4 Å². The molecule has 0 saturated carbocycles. The highest BCUT2D eigenvalue weighted by Gasteiger charge is 2.24. The van der Waals surface area contributed by atoms with Crippen LogP contribution in [0.2, 0.25) is 0 Å². The molecular weight excluding hydrogens is 350 g/mol. The highest BCUT2D eigenvalue weighted by molar-refractivity contribution is 5.79. The number of nitrogens with two attached hydrogens (primary N) is 1. The van der Waals surface area contributed by atoms with Gasteiger partial charge >= 0.3 is 11.7 Å². The summed E-state index contributed by atoms with van der Waals surface area (Å²) in [5.74, 6) is -0.740. The van der Waals surface area contributed by atoms with E-state index in [2.05, 4.69) is 5.48 Å². The van der Waals surface area contributed by atoms with Crippen LogP contribution >= 0.6 is 0 Å². The van der Waals surface area contributed by atoms with Crippen LogP contribution in [0.4, 0.5) is 5.69 Å². The molecule has 3 N–H and O–H groups in total. The molecule has 0 heterocycles. The topological polar surface area (TPSA) is 117 Å². The number of hydrogen-bond donors (Lipinski definition) is 2. The van der Waals surface area contributed by atoms with Crippen molar-refractivity contribution in [3.05, 3.63) is 70.3 Å². The van der Waals surface area contributed by atoms with Crippen molar-refractivity contribution in [3.63, 3.8) is 0 Å². The lowest BCUT2D eigenvalue weighted by Crippen LogP contribution is -2.39. The summed E-state index contributed by atoms with van der Waals surface area (Å²) in [7, 11) is 0. The summed E-state index contributed by atoms with van der Waals surface area (Å²) >= 11 is 0. The number of ether oxygens (including phenoxy) is 1. The minimum absolute atomic E-state index is 0.0961. The quantitative estimate of drug-likeness (QED) is 0.204. The standard InChI is InChI=1S/C19H23N3O5/c20-13-7-6-10-16(21-26-14-15-8-2-1-3-9-15)19(23)27-18-12-5-4-11-17(18)22(24)25/h1-5,8-9,11-12,16,21H,6-7,10,13-14,20H2/t16-/m0/s1. The van der Waals surface area contributed by atoms with E-state index in [0.29, 0.717) is 19.4 Å². The van der Waals surface area contributed by atoms with Gasteiger partial charge in [0.05, 0.1) is 11.5 Å². The number of nitro groups is 1. The fraction of sp³-hybridized carbons (Fsp3) is 0.316. The molecular formula is C19H23N3O5. The Bertz CT molecular complexity index is 739. The molecule has 0 aliphatic heterocycles. The lowest BCUT2D eigenvalue weighted by molar-refractivity contribution is -0.385. The monoisotopic (exact) mass is 373 g/mol. The third kappa shape index (κ3) is 6.78. The van der Waals surface area contributed by atoms with Gasteiger partial charge in [-0.3, -0.25) is 15.0 Å². The first-order valence-corrected chi connectivity index (χ1v) is 8.68. The van der Waals surface area contributed by atoms with Crippen LogP contribution in [0.1, 0.15) is 24.8 Å². The van der Waals surface area contributed by atoms with Crippen molar-refractivity contribution in [1.29, 1.82) is 0 Å². The minimum atomic E-state index is -0.764. The SMILES string of the molecule is NCCCC[C@H](NOCc1ccccc1)C(=O)Oc1ccccc1[N+](=O)[O-]. The Morgan fingerprint density at radius 3 is 2.52 bits per heavy atom. The number of hydroxylamine groups is 1. The van der Waals surface area contributed by atoms with Gasteiger partial charge in [-0.2, -0.15) is 5.48 Å². The predicted molar refractivity (Wildman–Crippen MR) is 99.8 cm³/mol. The molecule has 0 amide bonds. The lowest BCUT2D eigenvalue weighted by Gasteiger charge is -2.17. The van der Waals surface area contributed by atoms with Crippen LogP contribution in [-0.2, 0) is 16.2 Å². The molecule has 0 aliphatic rings. The number of nitrogens with one attached hydrogen (secondary N) is 1. The molecule has 2 aromatic carbocycles. The maximum absolute atomic E-state index is 12.5. The summed E-state index contributed by atoms with van der Waals surface area (Å²) in [5, 5.41) is 11.1. The summed E-state index contributed by atoms with van der Waals surface area (Å²) in [6.45, 7) is 0.782. The Labute approximate surface area is 157 Å². The zero-order chi connectivity index (χ0) is 19.5. The van der Waals surface area contributed by atoms with Crippen molar-refractivity contribution in [3.8, 4) is 5.75 Å². The van der Waals surface area contributed by atoms with E-state index in [9.17, 15) is 14.9 Å². The summed E-state index contributed by atoms with van der Waals surface area (Å²) in [4.78, 5) is 28.4. The van der Waals surface area contributed by atoms with Crippen molar-refractivity contribution < 1.29 is 19.3 Å². The summed E-state index contributed by atoms with van der Waals surface area (Å²) < 4.78 is 5.25. The number of unbranched alkanes of at least 4 members (excludes halogenated alkanes) is 1. The van der Waals surface area contributed by atoms with E-state index < -0.39 is 16.9 Å². The van der Waals surface area contributed by atoms with Gasteiger partial charge in [0, 0.05) is 6.07 Å². The van der Waals surface area contributed by atoms with E-state index in [0.717, 1.165) is 12.0 Å². The van der Waals surface area contributed by atoms with Crippen LogP contribution in [0.5, 0.6) is 5.75 Å². The zero-order valence-corrected chi connectivity index (χ0v) is 14.9. The molecule has 8 heteroatoms. The molecule has 8 nitrogen and oxygen atoms in total. The van der Waals surface area contributed by atoms with Crippen LogP contribution in [0.3, 0.4) is 0 Å². The second kappa shape index (κ2) is 11.0. The molecule has 0 unspecified atom stereocenters. The molecule has 2 aromatic rings. The molecule has 144 valence electrons. The number of benzene rings is 2. The number of nitro benzene ring substituents is 1. The highest BCUT2D eigenvalue weighted by Crippen LogP contribution is 2.26. The van der Waals surface area contributed by atoms with Crippen LogP contribution in [-0.4, -0.2) is 23.5 Å². The summed E-state index contributed by atoms with van der Waals surface area (Å²) in [6, 6.07) is 14.5. The van der Waals surface area contributed by atoms with E-state index in [1.54, 1.807) is 6.07 Å². The second-order valence-electron chi connectivity index (χ2n) is 5.88. The molecule has 0 bridgehead atoms. The largest absolute Gasteiger partial charge is 0.418 e. The number of nitrogens with zero attached hydrogens (tertiary/aromatic N) is 1. The molecule has 0 fully saturated rings. The fourth-order valence-corrected chi connectivity index (χ4v) is 2.39. The number of para-hydroxylation sites is 2. The van der Waals surface area contributed by atoms with Crippen LogP contribution < -0.4 is 16.0 Å². The lowest BCUT2D eigenvalue weighted by atomic mass is 10.1. The average molecular weight is 373 g/mol. The summed E-state index contributed by atoms with van der Waals surface area (Å²) in [6.07, 6.45) is 1.87. The third-order valence-corrected chi connectivity index (χ3v) is 3.81. The van der Waals surface area contributed by atoms with Crippen molar-refractivity contribution in [2.24, 2.45) is 5.73 Å². The first-order chi connectivity index (χ1) is 13.1. The maximum atomic E-state index is 12.5. The number of carbonyl (C=O) groups excluding carboxylic acids is 1. The first kappa shape index (κ1) is 20.5. The Hall–Kier alpha value is -2.81. The third-order valence-electron chi connectivity index (χ3n) is 3.81. The molecule has 0 radical (unpaired) electrons. The molecule has 1 atom stereocenters. The number of carbonyl (C=O) groups is 1. The Kier molecular flexibility index (Phi) is 8.37. The van der Waals surface area contributed by atoms with E-state index in [1.807, 2.05) is 30.3 Å². The van der Waals surface area contributed by atoms with Gasteiger partial charge in [0.25, 0.3) is 0 Å². The van der Waals surface area contributed by atoms with Gasteiger partial charge in [0.15, 0.2) is 0 Å². The van der Waals surface area contributed by atoms with Crippen LogP contribution in [0.25, 0.3) is 0 Å². The van der Waals surface area contributed by atoms with Crippen molar-refractivity contribution in [1.82, 2.24) is 5.48 Å². The maximum Gasteiger partial charge on any atom is 0.331 e. The molecule has 2 rings (SSSR count). The van der Waals surface area contributed by atoms with Crippen molar-refractivity contribution in [2.75, 3.05) is 6.54 Å². The Morgan fingerprint density at radius 2 is 1.81 bits per heavy atom. The molecule has 0 aliphatic carbocycles. The number of hydrogen-bond acceptors (Lipinski definition) is 7. The van der Waals surface area contributed by atoms with Gasteiger partial charge in [-0.1, -0.05) is 42.5 Å². The second-order valence-corrected chi connectivity index (χ2v) is 5.88. The molecule has 27 heavy (non-hydrogen) atoms. The van der Waals surface area contributed by atoms with Crippen LogP contribution in [0.15, 0.2) is 54.6 Å². The van der Waals surface area contributed by atoms with Crippen molar-refractivity contribution >= 4 is 11.7 Å².